The largest absolute Gasteiger partial charge is 0.508 e. The van der Waals surface area contributed by atoms with Crippen molar-refractivity contribution in [3.8, 4) is 5.75 Å². The van der Waals surface area contributed by atoms with E-state index in [-0.39, 0.29) is 17.9 Å². The molecule has 0 heterocycles. The Bertz CT molecular complexity index is 888. The van der Waals surface area contributed by atoms with E-state index in [1.807, 2.05) is 6.92 Å². The third-order valence-corrected chi connectivity index (χ3v) is 4.84. The first kappa shape index (κ1) is 21.9. The average molecular weight is 448 g/mol. The zero-order chi connectivity index (χ0) is 20.7. The molecule has 0 radical (unpaired) electrons. The highest BCUT2D eigenvalue weighted by Gasteiger charge is 2.13. The Morgan fingerprint density at radius 3 is 2.50 bits per heavy atom. The van der Waals surface area contributed by atoms with E-state index in [4.69, 9.17) is 0 Å². The summed E-state index contributed by atoms with van der Waals surface area (Å²) in [6, 6.07) is 10.7. The predicted octanol–water partition coefficient (Wildman–Crippen LogP) is 5.10. The maximum absolute atomic E-state index is 10.7. The van der Waals surface area contributed by atoms with Crippen molar-refractivity contribution in [1.82, 2.24) is 0 Å². The number of hydrogen-bond acceptors (Lipinski definition) is 5. The molecule has 28 heavy (non-hydrogen) atoms. The van der Waals surface area contributed by atoms with Gasteiger partial charge in [0.25, 0.3) is 5.69 Å². The third kappa shape index (κ3) is 6.04. The number of nitro benzene ring substituents is 1. The number of non-ortho nitro benzene ring substituents is 1. The van der Waals surface area contributed by atoms with Gasteiger partial charge in [0, 0.05) is 35.0 Å². The summed E-state index contributed by atoms with van der Waals surface area (Å²) in [5.74, 6) is 0.0254. The van der Waals surface area contributed by atoms with Crippen LogP contribution in [-0.4, -0.2) is 20.2 Å². The van der Waals surface area contributed by atoms with E-state index in [2.05, 4.69) is 21.7 Å². The van der Waals surface area contributed by atoms with Crippen LogP contribution in [-0.2, 0) is 0 Å². The Morgan fingerprint density at radius 2 is 1.89 bits per heavy atom. The monoisotopic (exact) mass is 447 g/mol. The standard InChI is InChI=1S/C21H22BrNO5/c1-2-14(12-21(26)15-6-9-17(10-7-15)23(27)28)4-3-5-19(24)18-13-16(22)8-11-20(18)25/h3,6-11,13,19,21,24-26H,2,5,12H2,1H3/t4?,19-,21-/m1/s1. The predicted molar refractivity (Wildman–Crippen MR) is 110 cm³/mol. The molecule has 7 heteroatoms. The van der Waals surface area contributed by atoms with Crippen molar-refractivity contribution in [2.24, 2.45) is 0 Å². The molecule has 0 fully saturated rings. The molecule has 6 nitrogen and oxygen atoms in total. The zero-order valence-electron chi connectivity index (χ0n) is 15.4. The highest BCUT2D eigenvalue weighted by Crippen LogP contribution is 2.30. The van der Waals surface area contributed by atoms with Crippen molar-refractivity contribution >= 4 is 21.6 Å². The molecule has 0 saturated carbocycles. The van der Waals surface area contributed by atoms with Crippen LogP contribution in [0.2, 0.25) is 0 Å². The van der Waals surface area contributed by atoms with E-state index < -0.39 is 17.1 Å². The van der Waals surface area contributed by atoms with E-state index >= 15 is 0 Å². The number of halogens is 1. The molecule has 0 spiro atoms. The molecular weight excluding hydrogens is 426 g/mol. The minimum Gasteiger partial charge on any atom is -0.508 e. The lowest BCUT2D eigenvalue weighted by Gasteiger charge is -2.12. The number of phenolic OH excluding ortho intramolecular Hbond substituents is 1. The van der Waals surface area contributed by atoms with Crippen LogP contribution in [0.25, 0.3) is 0 Å². The number of phenols is 1. The molecule has 0 unspecified atom stereocenters. The maximum Gasteiger partial charge on any atom is 0.269 e. The smallest absolute Gasteiger partial charge is 0.269 e. The van der Waals surface area contributed by atoms with E-state index in [1.165, 1.54) is 18.2 Å². The van der Waals surface area contributed by atoms with Gasteiger partial charge in [-0.25, -0.2) is 0 Å². The van der Waals surface area contributed by atoms with Crippen LogP contribution >= 0.6 is 15.9 Å². The second-order valence-corrected chi connectivity index (χ2v) is 7.24. The number of aliphatic hydroxyl groups excluding tert-OH is 2. The second kappa shape index (κ2) is 10.2. The molecular formula is C21H22BrNO5. The topological polar surface area (TPSA) is 104 Å². The van der Waals surface area contributed by atoms with Gasteiger partial charge in [0.2, 0.25) is 0 Å². The molecule has 0 aliphatic rings. The number of hydrogen-bond donors (Lipinski definition) is 3. The maximum atomic E-state index is 10.7. The van der Waals surface area contributed by atoms with Crippen LogP contribution in [0.4, 0.5) is 5.69 Å². The lowest BCUT2D eigenvalue weighted by molar-refractivity contribution is -0.384. The van der Waals surface area contributed by atoms with Crippen LogP contribution in [0.3, 0.4) is 0 Å². The van der Waals surface area contributed by atoms with Gasteiger partial charge in [-0.05, 0) is 54.0 Å². The summed E-state index contributed by atoms with van der Waals surface area (Å²) in [6.07, 6.45) is 1.29. The molecule has 0 aliphatic carbocycles. The first-order valence-corrected chi connectivity index (χ1v) is 9.63. The van der Waals surface area contributed by atoms with Crippen LogP contribution in [0.5, 0.6) is 5.75 Å². The van der Waals surface area contributed by atoms with Gasteiger partial charge in [-0.1, -0.05) is 22.9 Å². The zero-order valence-corrected chi connectivity index (χ0v) is 17.0. The second-order valence-electron chi connectivity index (χ2n) is 6.33. The number of aliphatic hydroxyl groups is 2. The van der Waals surface area contributed by atoms with Crippen molar-refractivity contribution in [2.75, 3.05) is 0 Å². The molecule has 2 atom stereocenters. The molecule has 0 aliphatic heterocycles. The Labute approximate surface area is 171 Å². The number of nitro groups is 1. The van der Waals surface area contributed by atoms with Crippen molar-refractivity contribution in [3.05, 3.63) is 85.6 Å². The van der Waals surface area contributed by atoms with E-state index in [0.717, 1.165) is 10.0 Å². The lowest BCUT2D eigenvalue weighted by Crippen LogP contribution is -1.99. The molecule has 2 aromatic carbocycles. The van der Waals surface area contributed by atoms with Gasteiger partial charge in [-0.2, -0.15) is 0 Å². The number of nitrogens with zero attached hydrogens (tertiary/aromatic N) is 1. The number of aromatic hydroxyl groups is 1. The van der Waals surface area contributed by atoms with Crippen molar-refractivity contribution in [2.45, 2.75) is 38.4 Å². The molecule has 2 rings (SSSR count). The third-order valence-electron chi connectivity index (χ3n) is 4.35. The van der Waals surface area contributed by atoms with Crippen molar-refractivity contribution < 1.29 is 20.2 Å². The molecule has 0 saturated heterocycles. The fraction of sp³-hybridized carbons (Fsp3) is 0.286. The summed E-state index contributed by atoms with van der Waals surface area (Å²) in [4.78, 5) is 10.2. The first-order chi connectivity index (χ1) is 13.3. The van der Waals surface area contributed by atoms with Gasteiger partial charge < -0.3 is 15.3 Å². The van der Waals surface area contributed by atoms with Crippen molar-refractivity contribution in [3.63, 3.8) is 0 Å². The van der Waals surface area contributed by atoms with Crippen LogP contribution in [0.15, 0.2) is 64.3 Å². The fourth-order valence-electron chi connectivity index (χ4n) is 2.71. The molecule has 3 N–H and O–H groups in total. The summed E-state index contributed by atoms with van der Waals surface area (Å²) in [7, 11) is 0. The summed E-state index contributed by atoms with van der Waals surface area (Å²) >= 11 is 3.31. The normalized spacial score (nSPS) is 12.7. The quantitative estimate of drug-likeness (QED) is 0.296. The molecule has 2 aromatic rings. The van der Waals surface area contributed by atoms with E-state index in [9.17, 15) is 25.4 Å². The van der Waals surface area contributed by atoms with Crippen molar-refractivity contribution in [1.29, 1.82) is 0 Å². The number of rotatable bonds is 8. The van der Waals surface area contributed by atoms with Crippen LogP contribution in [0.1, 0.15) is 49.5 Å². The van der Waals surface area contributed by atoms with Gasteiger partial charge in [0.1, 0.15) is 5.75 Å². The van der Waals surface area contributed by atoms with E-state index in [1.54, 1.807) is 30.3 Å². The van der Waals surface area contributed by atoms with Crippen LogP contribution in [0, 0.1) is 10.1 Å². The summed E-state index contributed by atoms with van der Waals surface area (Å²) in [5.41, 5.74) is 4.96. The Balaban J connectivity index is 2.05. The van der Waals surface area contributed by atoms with Crippen LogP contribution < -0.4 is 0 Å². The van der Waals surface area contributed by atoms with Gasteiger partial charge in [0.15, 0.2) is 0 Å². The fourth-order valence-corrected chi connectivity index (χ4v) is 3.09. The Morgan fingerprint density at radius 1 is 1.21 bits per heavy atom. The molecule has 148 valence electrons. The molecule has 0 bridgehead atoms. The SMILES string of the molecule is CCC(=C=CC[C@@H](O)c1cc(Br)ccc1O)C[C@@H](O)c1ccc([N+](=O)[O-])cc1. The average Bonchev–Trinajstić information content (AvgIpc) is 2.68. The van der Waals surface area contributed by atoms with Gasteiger partial charge >= 0.3 is 0 Å². The van der Waals surface area contributed by atoms with Gasteiger partial charge in [0.05, 0.1) is 17.1 Å². The minimum atomic E-state index is -0.872. The lowest BCUT2D eigenvalue weighted by atomic mass is 9.99. The Kier molecular flexibility index (Phi) is 7.96. The summed E-state index contributed by atoms with van der Waals surface area (Å²) in [5, 5.41) is 41.2. The molecule has 0 aromatic heterocycles. The summed E-state index contributed by atoms with van der Waals surface area (Å²) in [6.45, 7) is 1.94. The molecule has 0 amide bonds. The highest BCUT2D eigenvalue weighted by molar-refractivity contribution is 9.10. The Hall–Kier alpha value is -2.44. The highest BCUT2D eigenvalue weighted by atomic mass is 79.9. The number of benzene rings is 2. The van der Waals surface area contributed by atoms with E-state index in [0.29, 0.717) is 24.0 Å². The first-order valence-electron chi connectivity index (χ1n) is 8.83. The van der Waals surface area contributed by atoms with Gasteiger partial charge in [-0.15, -0.1) is 5.73 Å². The minimum absolute atomic E-state index is 0.0214. The van der Waals surface area contributed by atoms with Gasteiger partial charge in [-0.3, -0.25) is 10.1 Å². The summed E-state index contributed by atoms with van der Waals surface area (Å²) < 4.78 is 0.763.